The van der Waals surface area contributed by atoms with Gasteiger partial charge in [-0.1, -0.05) is 0 Å². The number of piperidine rings is 1. The summed E-state index contributed by atoms with van der Waals surface area (Å²) in [4.78, 5) is 19.0. The lowest BCUT2D eigenvalue weighted by atomic mass is 9.95. The summed E-state index contributed by atoms with van der Waals surface area (Å²) >= 11 is 0. The maximum Gasteiger partial charge on any atom is 0.227 e. The lowest BCUT2D eigenvalue weighted by molar-refractivity contribution is -0.121. The minimum Gasteiger partial charge on any atom is -0.465 e. The molecule has 0 spiro atoms. The molecule has 1 aliphatic heterocycles. The molecule has 29 heavy (non-hydrogen) atoms. The van der Waals surface area contributed by atoms with Gasteiger partial charge in [-0.25, -0.2) is 0 Å². The third kappa shape index (κ3) is 5.23. The van der Waals surface area contributed by atoms with Crippen molar-refractivity contribution in [2.45, 2.75) is 26.3 Å². The van der Waals surface area contributed by atoms with Crippen LogP contribution in [-0.4, -0.2) is 28.9 Å². The Bertz CT molecular complexity index is 930. The van der Waals surface area contributed by atoms with Crippen LogP contribution in [0.3, 0.4) is 0 Å². The van der Waals surface area contributed by atoms with Gasteiger partial charge in [0.05, 0.1) is 12.7 Å². The van der Waals surface area contributed by atoms with E-state index in [0.29, 0.717) is 11.5 Å². The predicted molar refractivity (Wildman–Crippen MR) is 111 cm³/mol. The lowest BCUT2D eigenvalue weighted by Gasteiger charge is -2.30. The van der Waals surface area contributed by atoms with Crippen LogP contribution in [0.25, 0.3) is 0 Å². The largest absolute Gasteiger partial charge is 0.465 e. The number of furan rings is 1. The zero-order chi connectivity index (χ0) is 20.1. The molecule has 0 aliphatic carbocycles. The summed E-state index contributed by atoms with van der Waals surface area (Å²) < 4.78 is 11.4. The van der Waals surface area contributed by atoms with E-state index in [0.717, 1.165) is 49.7 Å². The van der Waals surface area contributed by atoms with Gasteiger partial charge in [0.2, 0.25) is 5.91 Å². The fourth-order valence-electron chi connectivity index (χ4n) is 3.54. The second-order valence-electron chi connectivity index (χ2n) is 7.37. The average Bonchev–Trinajstić information content (AvgIpc) is 3.15. The first kappa shape index (κ1) is 19.2. The van der Waals surface area contributed by atoms with E-state index < -0.39 is 0 Å². The van der Waals surface area contributed by atoms with Crippen molar-refractivity contribution in [3.63, 3.8) is 0 Å². The number of carbonyl (C=O) groups is 1. The number of rotatable bonds is 6. The Kier molecular flexibility index (Phi) is 5.91. The van der Waals surface area contributed by atoms with Gasteiger partial charge in [-0.2, -0.15) is 0 Å². The first-order valence-electron chi connectivity index (χ1n) is 9.92. The van der Waals surface area contributed by atoms with E-state index in [1.807, 2.05) is 55.5 Å². The monoisotopic (exact) mass is 391 g/mol. The van der Waals surface area contributed by atoms with E-state index in [4.69, 9.17) is 9.15 Å². The number of hydrogen-bond acceptors (Lipinski definition) is 5. The summed E-state index contributed by atoms with van der Waals surface area (Å²) in [7, 11) is 0. The van der Waals surface area contributed by atoms with Crippen LogP contribution in [0.1, 0.15) is 24.4 Å². The second kappa shape index (κ2) is 8.92. The summed E-state index contributed by atoms with van der Waals surface area (Å²) in [6.07, 6.45) is 5.07. The highest BCUT2D eigenvalue weighted by Gasteiger charge is 2.25. The zero-order valence-electron chi connectivity index (χ0n) is 16.5. The van der Waals surface area contributed by atoms with Crippen molar-refractivity contribution in [2.24, 2.45) is 5.92 Å². The Hall–Kier alpha value is -3.12. The number of nitrogens with zero attached hydrogens (tertiary/aromatic N) is 2. The minimum atomic E-state index is 0.0379. The first-order valence-corrected chi connectivity index (χ1v) is 9.92. The molecule has 0 atom stereocenters. The number of carbonyl (C=O) groups excluding carboxylic acids is 1. The molecule has 6 nitrogen and oxygen atoms in total. The van der Waals surface area contributed by atoms with Gasteiger partial charge < -0.3 is 14.5 Å². The van der Waals surface area contributed by atoms with Gasteiger partial charge in [0, 0.05) is 17.8 Å². The number of aromatic nitrogens is 1. The topological polar surface area (TPSA) is 67.6 Å². The smallest absolute Gasteiger partial charge is 0.227 e. The van der Waals surface area contributed by atoms with E-state index >= 15 is 0 Å². The number of hydrogen-bond donors (Lipinski definition) is 1. The SMILES string of the molecule is Cc1ccc(CN2CCC(C(=O)Nc3ccc(Oc4cccnc4)cc3)CC2)o1. The first-order chi connectivity index (χ1) is 14.2. The molecule has 150 valence electrons. The Balaban J connectivity index is 1.25. The molecule has 0 saturated carbocycles. The van der Waals surface area contributed by atoms with Gasteiger partial charge >= 0.3 is 0 Å². The third-order valence-electron chi connectivity index (χ3n) is 5.13. The van der Waals surface area contributed by atoms with Crippen molar-refractivity contribution < 1.29 is 13.9 Å². The molecule has 2 aromatic heterocycles. The molecule has 0 bridgehead atoms. The van der Waals surface area contributed by atoms with Gasteiger partial charge in [0.15, 0.2) is 0 Å². The number of likely N-dealkylation sites (tertiary alicyclic amines) is 1. The molecule has 1 amide bonds. The summed E-state index contributed by atoms with van der Waals surface area (Å²) in [6.45, 7) is 4.56. The third-order valence-corrected chi connectivity index (χ3v) is 5.13. The molecule has 0 unspecified atom stereocenters. The van der Waals surface area contributed by atoms with Crippen LogP contribution < -0.4 is 10.1 Å². The van der Waals surface area contributed by atoms with Crippen molar-refractivity contribution in [2.75, 3.05) is 18.4 Å². The molecular formula is C23H25N3O3. The number of ether oxygens (including phenoxy) is 1. The van der Waals surface area contributed by atoms with Gasteiger partial charge in [-0.05, 0) is 81.4 Å². The quantitative estimate of drug-likeness (QED) is 0.664. The fourth-order valence-corrected chi connectivity index (χ4v) is 3.54. The van der Waals surface area contributed by atoms with Gasteiger partial charge in [-0.3, -0.25) is 14.7 Å². The lowest BCUT2D eigenvalue weighted by Crippen LogP contribution is -2.37. The summed E-state index contributed by atoms with van der Waals surface area (Å²) in [5, 5.41) is 3.03. The van der Waals surface area contributed by atoms with Crippen molar-refractivity contribution >= 4 is 11.6 Å². The molecule has 1 fully saturated rings. The van der Waals surface area contributed by atoms with Crippen molar-refractivity contribution in [3.05, 3.63) is 72.4 Å². The van der Waals surface area contributed by atoms with E-state index in [1.54, 1.807) is 12.4 Å². The number of aryl methyl sites for hydroxylation is 1. The molecule has 1 saturated heterocycles. The summed E-state index contributed by atoms with van der Waals surface area (Å²) in [6, 6.07) is 15.1. The molecule has 4 rings (SSSR count). The van der Waals surface area contributed by atoms with Crippen LogP contribution >= 0.6 is 0 Å². The van der Waals surface area contributed by atoms with Crippen molar-refractivity contribution in [3.8, 4) is 11.5 Å². The molecule has 0 radical (unpaired) electrons. The highest BCUT2D eigenvalue weighted by atomic mass is 16.5. The summed E-state index contributed by atoms with van der Waals surface area (Å²) in [5.74, 6) is 3.43. The maximum atomic E-state index is 12.6. The molecule has 3 heterocycles. The highest BCUT2D eigenvalue weighted by Crippen LogP contribution is 2.24. The van der Waals surface area contributed by atoms with E-state index in [9.17, 15) is 4.79 Å². The molecule has 6 heteroatoms. The Morgan fingerprint density at radius 3 is 2.59 bits per heavy atom. The standard InChI is InChI=1S/C23H25N3O3/c1-17-4-7-22(28-17)16-26-13-10-18(11-14-26)23(27)25-19-5-8-20(9-6-19)29-21-3-2-12-24-15-21/h2-9,12,15,18H,10-11,13-14,16H2,1H3,(H,25,27). The Morgan fingerprint density at radius 2 is 1.93 bits per heavy atom. The van der Waals surface area contributed by atoms with Crippen LogP contribution in [-0.2, 0) is 11.3 Å². The molecule has 1 aliphatic rings. The van der Waals surface area contributed by atoms with Crippen molar-refractivity contribution in [1.82, 2.24) is 9.88 Å². The predicted octanol–water partition coefficient (Wildman–Crippen LogP) is 4.63. The van der Waals surface area contributed by atoms with Gasteiger partial charge in [0.1, 0.15) is 23.0 Å². The number of benzene rings is 1. The van der Waals surface area contributed by atoms with Crippen LogP contribution in [0, 0.1) is 12.8 Å². The molecular weight excluding hydrogens is 366 g/mol. The van der Waals surface area contributed by atoms with E-state index in [2.05, 4.69) is 15.2 Å². The zero-order valence-corrected chi connectivity index (χ0v) is 16.5. The number of amides is 1. The molecule has 3 aromatic rings. The Labute approximate surface area is 170 Å². The van der Waals surface area contributed by atoms with Gasteiger partial charge in [0.25, 0.3) is 0 Å². The average molecular weight is 391 g/mol. The van der Waals surface area contributed by atoms with E-state index in [-0.39, 0.29) is 11.8 Å². The van der Waals surface area contributed by atoms with Crippen LogP contribution in [0.5, 0.6) is 11.5 Å². The normalized spacial score (nSPS) is 15.2. The van der Waals surface area contributed by atoms with Crippen LogP contribution in [0.2, 0.25) is 0 Å². The number of nitrogens with one attached hydrogen (secondary N) is 1. The molecule has 1 N–H and O–H groups in total. The van der Waals surface area contributed by atoms with Gasteiger partial charge in [-0.15, -0.1) is 0 Å². The number of pyridine rings is 1. The van der Waals surface area contributed by atoms with E-state index in [1.165, 1.54) is 0 Å². The highest BCUT2D eigenvalue weighted by molar-refractivity contribution is 5.92. The second-order valence-corrected chi connectivity index (χ2v) is 7.37. The minimum absolute atomic E-state index is 0.0379. The molecule has 1 aromatic carbocycles. The number of anilines is 1. The Morgan fingerprint density at radius 1 is 1.14 bits per heavy atom. The van der Waals surface area contributed by atoms with Crippen molar-refractivity contribution in [1.29, 1.82) is 0 Å². The van der Waals surface area contributed by atoms with Crippen LogP contribution in [0.15, 0.2) is 65.3 Å². The summed E-state index contributed by atoms with van der Waals surface area (Å²) in [5.41, 5.74) is 0.780. The maximum absolute atomic E-state index is 12.6. The van der Waals surface area contributed by atoms with Crippen LogP contribution in [0.4, 0.5) is 5.69 Å². The fraction of sp³-hybridized carbons (Fsp3) is 0.304.